The summed E-state index contributed by atoms with van der Waals surface area (Å²) in [6.45, 7) is 2.45. The summed E-state index contributed by atoms with van der Waals surface area (Å²) in [7, 11) is 0. The van der Waals surface area contributed by atoms with Crippen LogP contribution in [0.25, 0.3) is 11.0 Å². The topological polar surface area (TPSA) is 59.8 Å². The molecule has 0 bridgehead atoms. The molecule has 0 saturated heterocycles. The minimum absolute atomic E-state index is 0.172. The van der Waals surface area contributed by atoms with Crippen LogP contribution >= 0.6 is 0 Å². The third-order valence-corrected chi connectivity index (χ3v) is 4.69. The highest BCUT2D eigenvalue weighted by atomic mass is 19.1. The minimum atomic E-state index is -0.293. The van der Waals surface area contributed by atoms with Gasteiger partial charge in [-0.3, -0.25) is 4.79 Å². The highest BCUT2D eigenvalue weighted by Gasteiger charge is 2.12. The summed E-state index contributed by atoms with van der Waals surface area (Å²) in [5.74, 6) is -0.465. The van der Waals surface area contributed by atoms with Crippen LogP contribution in [0.5, 0.6) is 0 Å². The van der Waals surface area contributed by atoms with Gasteiger partial charge < -0.3 is 5.32 Å². The number of aromatic nitrogens is 3. The Balaban J connectivity index is 1.43. The Morgan fingerprint density at radius 3 is 2.50 bits per heavy atom. The molecule has 0 radical (unpaired) electrons. The summed E-state index contributed by atoms with van der Waals surface area (Å²) in [6.07, 6.45) is 0. The first-order valence-corrected chi connectivity index (χ1v) is 9.03. The van der Waals surface area contributed by atoms with Crippen molar-refractivity contribution >= 4 is 16.9 Å². The molecule has 28 heavy (non-hydrogen) atoms. The van der Waals surface area contributed by atoms with Crippen LogP contribution in [0, 0.1) is 5.82 Å². The maximum Gasteiger partial charge on any atom is 0.251 e. The molecule has 1 amide bonds. The van der Waals surface area contributed by atoms with E-state index < -0.39 is 0 Å². The molecule has 0 saturated carbocycles. The van der Waals surface area contributed by atoms with E-state index in [1.807, 2.05) is 48.0 Å². The largest absolute Gasteiger partial charge is 0.346 e. The molecule has 1 N–H and O–H groups in total. The molecule has 3 aromatic carbocycles. The van der Waals surface area contributed by atoms with Crippen molar-refractivity contribution in [1.82, 2.24) is 20.3 Å². The quantitative estimate of drug-likeness (QED) is 0.572. The number of nitrogens with zero attached hydrogens (tertiary/aromatic N) is 3. The fourth-order valence-electron chi connectivity index (χ4n) is 3.08. The lowest BCUT2D eigenvalue weighted by Crippen LogP contribution is -2.26. The number of hydrogen-bond acceptors (Lipinski definition) is 3. The second-order valence-corrected chi connectivity index (χ2v) is 6.68. The van der Waals surface area contributed by atoms with Crippen molar-refractivity contribution in [2.75, 3.05) is 0 Å². The molecule has 0 unspecified atom stereocenters. The summed E-state index contributed by atoms with van der Waals surface area (Å²) >= 11 is 0. The van der Waals surface area contributed by atoms with Crippen LogP contribution in [0.2, 0.25) is 0 Å². The fraction of sp³-hybridized carbons (Fsp3) is 0.136. The molecule has 0 aliphatic carbocycles. The zero-order valence-electron chi connectivity index (χ0n) is 15.3. The zero-order valence-corrected chi connectivity index (χ0v) is 15.3. The van der Waals surface area contributed by atoms with Gasteiger partial charge in [0.2, 0.25) is 0 Å². The number of halogens is 1. The molecular formula is C22H19FN4O. The lowest BCUT2D eigenvalue weighted by atomic mass is 10.1. The second-order valence-electron chi connectivity index (χ2n) is 6.68. The Kier molecular flexibility index (Phi) is 4.85. The molecule has 0 fully saturated rings. The van der Waals surface area contributed by atoms with Crippen LogP contribution in [0.1, 0.15) is 34.5 Å². The average molecular weight is 374 g/mol. The molecule has 0 aliphatic heterocycles. The van der Waals surface area contributed by atoms with E-state index in [0.29, 0.717) is 12.1 Å². The first kappa shape index (κ1) is 17.9. The van der Waals surface area contributed by atoms with Crippen molar-refractivity contribution in [3.8, 4) is 0 Å². The molecule has 0 spiro atoms. The highest BCUT2D eigenvalue weighted by Crippen LogP contribution is 2.15. The van der Waals surface area contributed by atoms with Crippen molar-refractivity contribution < 1.29 is 9.18 Å². The average Bonchev–Trinajstić information content (AvgIpc) is 3.12. The van der Waals surface area contributed by atoms with Crippen molar-refractivity contribution in [3.63, 3.8) is 0 Å². The van der Waals surface area contributed by atoms with E-state index in [1.165, 1.54) is 12.1 Å². The van der Waals surface area contributed by atoms with E-state index in [9.17, 15) is 9.18 Å². The van der Waals surface area contributed by atoms with Gasteiger partial charge >= 0.3 is 0 Å². The van der Waals surface area contributed by atoms with Gasteiger partial charge in [0.15, 0.2) is 0 Å². The molecular weight excluding hydrogens is 355 g/mol. The number of carbonyl (C=O) groups excluding carboxylic acids is 1. The molecule has 5 nitrogen and oxygen atoms in total. The summed E-state index contributed by atoms with van der Waals surface area (Å²) in [6, 6.07) is 21.1. The Labute approximate surface area is 161 Å². The third-order valence-electron chi connectivity index (χ3n) is 4.69. The number of carbonyl (C=O) groups is 1. The third kappa shape index (κ3) is 3.76. The predicted molar refractivity (Wildman–Crippen MR) is 105 cm³/mol. The SMILES string of the molecule is C[C@@H](NC(=O)c1ccc(Cn2nnc3ccccc32)cc1)c1ccc(F)cc1. The summed E-state index contributed by atoms with van der Waals surface area (Å²) < 4.78 is 14.9. The number of para-hydroxylation sites is 1. The van der Waals surface area contributed by atoms with Gasteiger partial charge in [-0.25, -0.2) is 9.07 Å². The Bertz CT molecular complexity index is 1100. The maximum absolute atomic E-state index is 13.0. The van der Waals surface area contributed by atoms with Crippen molar-refractivity contribution in [2.24, 2.45) is 0 Å². The van der Waals surface area contributed by atoms with E-state index in [2.05, 4.69) is 15.6 Å². The van der Waals surface area contributed by atoms with E-state index in [1.54, 1.807) is 24.3 Å². The van der Waals surface area contributed by atoms with E-state index in [0.717, 1.165) is 22.2 Å². The highest BCUT2D eigenvalue weighted by molar-refractivity contribution is 5.94. The standard InChI is InChI=1S/C22H19FN4O/c1-15(17-10-12-19(23)13-11-17)24-22(28)18-8-6-16(7-9-18)14-27-21-5-3-2-4-20(21)25-26-27/h2-13,15H,14H2,1H3,(H,24,28)/t15-/m1/s1. The van der Waals surface area contributed by atoms with Gasteiger partial charge in [0.1, 0.15) is 11.3 Å². The van der Waals surface area contributed by atoms with Crippen molar-refractivity contribution in [2.45, 2.75) is 19.5 Å². The van der Waals surface area contributed by atoms with Crippen LogP contribution in [0.15, 0.2) is 72.8 Å². The zero-order chi connectivity index (χ0) is 19.5. The normalized spacial score (nSPS) is 12.1. The molecule has 1 aromatic heterocycles. The monoisotopic (exact) mass is 374 g/mol. The van der Waals surface area contributed by atoms with Crippen LogP contribution in [-0.4, -0.2) is 20.9 Å². The first-order chi connectivity index (χ1) is 13.6. The number of rotatable bonds is 5. The lowest BCUT2D eigenvalue weighted by molar-refractivity contribution is 0.0940. The van der Waals surface area contributed by atoms with Crippen LogP contribution in [0.4, 0.5) is 4.39 Å². The van der Waals surface area contributed by atoms with Crippen LogP contribution in [-0.2, 0) is 6.54 Å². The maximum atomic E-state index is 13.0. The minimum Gasteiger partial charge on any atom is -0.346 e. The number of benzene rings is 3. The first-order valence-electron chi connectivity index (χ1n) is 9.03. The molecule has 0 aliphatic rings. The summed E-state index contributed by atoms with van der Waals surface area (Å²) in [4.78, 5) is 12.5. The van der Waals surface area contributed by atoms with E-state index in [4.69, 9.17) is 0 Å². The summed E-state index contributed by atoms with van der Waals surface area (Å²) in [5, 5.41) is 11.3. The Morgan fingerprint density at radius 1 is 1.04 bits per heavy atom. The van der Waals surface area contributed by atoms with Gasteiger partial charge in [-0.05, 0) is 54.4 Å². The fourth-order valence-corrected chi connectivity index (χ4v) is 3.08. The van der Waals surface area contributed by atoms with Gasteiger partial charge in [0.25, 0.3) is 5.91 Å². The number of amides is 1. The summed E-state index contributed by atoms with van der Waals surface area (Å²) in [5.41, 5.74) is 4.27. The van der Waals surface area contributed by atoms with E-state index >= 15 is 0 Å². The van der Waals surface area contributed by atoms with Crippen LogP contribution < -0.4 is 5.32 Å². The van der Waals surface area contributed by atoms with Gasteiger partial charge in [-0.1, -0.05) is 41.6 Å². The Hall–Kier alpha value is -3.54. The second kappa shape index (κ2) is 7.60. The van der Waals surface area contributed by atoms with E-state index in [-0.39, 0.29) is 17.8 Å². The molecule has 140 valence electrons. The number of fused-ring (bicyclic) bond motifs is 1. The van der Waals surface area contributed by atoms with Crippen molar-refractivity contribution in [3.05, 3.63) is 95.3 Å². The van der Waals surface area contributed by atoms with Gasteiger partial charge in [0.05, 0.1) is 18.1 Å². The number of hydrogen-bond donors (Lipinski definition) is 1. The van der Waals surface area contributed by atoms with Crippen LogP contribution in [0.3, 0.4) is 0 Å². The molecule has 4 aromatic rings. The lowest BCUT2D eigenvalue weighted by Gasteiger charge is -2.14. The molecule has 4 rings (SSSR count). The molecule has 1 atom stereocenters. The molecule has 6 heteroatoms. The van der Waals surface area contributed by atoms with Gasteiger partial charge in [0, 0.05) is 5.56 Å². The predicted octanol–water partition coefficient (Wildman–Crippen LogP) is 4.11. The Morgan fingerprint density at radius 2 is 1.75 bits per heavy atom. The molecule has 1 heterocycles. The number of nitrogens with one attached hydrogen (secondary N) is 1. The van der Waals surface area contributed by atoms with Gasteiger partial charge in [-0.2, -0.15) is 0 Å². The smallest absolute Gasteiger partial charge is 0.251 e. The van der Waals surface area contributed by atoms with Gasteiger partial charge in [-0.15, -0.1) is 5.10 Å². The van der Waals surface area contributed by atoms with Crippen molar-refractivity contribution in [1.29, 1.82) is 0 Å².